The number of non-ortho nitro benzene ring substituents is 1. The molecule has 1 fully saturated rings. The molecule has 1 aromatic rings. The Labute approximate surface area is 127 Å². The summed E-state index contributed by atoms with van der Waals surface area (Å²) in [5.41, 5.74) is 0.0380. The summed E-state index contributed by atoms with van der Waals surface area (Å²) in [4.78, 5) is 10.9. The molecule has 1 aliphatic carbocycles. The second-order valence-corrected chi connectivity index (χ2v) is 7.34. The molecule has 5 nitrogen and oxygen atoms in total. The van der Waals surface area contributed by atoms with Crippen molar-refractivity contribution in [1.29, 1.82) is 0 Å². The third kappa shape index (κ3) is 3.89. The van der Waals surface area contributed by atoms with E-state index in [0.717, 1.165) is 25.8 Å². The van der Waals surface area contributed by atoms with Gasteiger partial charge >= 0.3 is 0 Å². The first kappa shape index (κ1) is 16.1. The molecule has 0 spiro atoms. The van der Waals surface area contributed by atoms with Gasteiger partial charge < -0.3 is 5.32 Å². The molecule has 0 aromatic heterocycles. The molecular weight excluding hydrogens is 288 g/mol. The van der Waals surface area contributed by atoms with Crippen molar-refractivity contribution in [2.75, 3.05) is 6.54 Å². The number of hydrogen-bond acceptors (Lipinski definition) is 4. The van der Waals surface area contributed by atoms with Gasteiger partial charge in [-0.2, -0.15) is 0 Å². The summed E-state index contributed by atoms with van der Waals surface area (Å²) in [6.45, 7) is 5.12. The van der Waals surface area contributed by atoms with Crippen molar-refractivity contribution in [1.82, 2.24) is 5.32 Å². The van der Waals surface area contributed by atoms with Crippen LogP contribution in [0.2, 0.25) is 0 Å². The van der Waals surface area contributed by atoms with E-state index < -0.39 is 15.7 Å². The van der Waals surface area contributed by atoms with E-state index in [-0.39, 0.29) is 17.0 Å². The Morgan fingerprint density at radius 3 is 2.57 bits per heavy atom. The van der Waals surface area contributed by atoms with Gasteiger partial charge in [-0.05, 0) is 43.9 Å². The molecule has 0 heterocycles. The van der Waals surface area contributed by atoms with Crippen LogP contribution < -0.4 is 5.32 Å². The van der Waals surface area contributed by atoms with E-state index in [2.05, 4.69) is 19.2 Å². The van der Waals surface area contributed by atoms with Crippen LogP contribution in [-0.4, -0.2) is 27.0 Å². The van der Waals surface area contributed by atoms with Crippen molar-refractivity contribution >= 4 is 16.5 Å². The van der Waals surface area contributed by atoms with E-state index in [1.807, 2.05) is 0 Å². The minimum absolute atomic E-state index is 0.0380. The lowest BCUT2D eigenvalue weighted by Gasteiger charge is -2.34. The maximum Gasteiger partial charge on any atom is 0.269 e. The minimum Gasteiger partial charge on any atom is -0.313 e. The summed E-state index contributed by atoms with van der Waals surface area (Å²) in [7, 11) is -1.13. The van der Waals surface area contributed by atoms with Crippen molar-refractivity contribution in [2.24, 2.45) is 5.92 Å². The fraction of sp³-hybridized carbons (Fsp3) is 0.600. The topological polar surface area (TPSA) is 72.2 Å². The molecule has 0 aliphatic heterocycles. The molecule has 1 saturated carbocycles. The van der Waals surface area contributed by atoms with Gasteiger partial charge in [0.1, 0.15) is 0 Å². The molecule has 0 amide bonds. The van der Waals surface area contributed by atoms with Crippen molar-refractivity contribution in [3.63, 3.8) is 0 Å². The molecule has 4 atom stereocenters. The predicted octanol–water partition coefficient (Wildman–Crippen LogP) is 2.87. The Balaban J connectivity index is 2.17. The van der Waals surface area contributed by atoms with Crippen LogP contribution in [-0.2, 0) is 10.8 Å². The van der Waals surface area contributed by atoms with Crippen LogP contribution in [0.4, 0.5) is 5.69 Å². The van der Waals surface area contributed by atoms with Crippen LogP contribution in [0.15, 0.2) is 29.2 Å². The van der Waals surface area contributed by atoms with Gasteiger partial charge in [0.2, 0.25) is 0 Å². The lowest BCUT2D eigenvalue weighted by molar-refractivity contribution is -0.384. The number of rotatable bonds is 5. The van der Waals surface area contributed by atoms with Gasteiger partial charge in [-0.25, -0.2) is 0 Å². The largest absolute Gasteiger partial charge is 0.313 e. The molecule has 4 unspecified atom stereocenters. The van der Waals surface area contributed by atoms with Crippen LogP contribution in [0.1, 0.15) is 33.1 Å². The number of nitro groups is 1. The summed E-state index contributed by atoms with van der Waals surface area (Å²) in [6, 6.07) is 6.37. The monoisotopic (exact) mass is 310 g/mol. The second kappa shape index (κ2) is 7.13. The lowest BCUT2D eigenvalue weighted by Crippen LogP contribution is -2.45. The Hall–Kier alpha value is -1.27. The first-order valence-corrected chi connectivity index (χ1v) is 8.62. The zero-order valence-electron chi connectivity index (χ0n) is 12.5. The average Bonchev–Trinajstić information content (AvgIpc) is 2.48. The number of benzene rings is 1. The molecule has 6 heteroatoms. The van der Waals surface area contributed by atoms with E-state index >= 15 is 0 Å². The first-order valence-electron chi connectivity index (χ1n) is 7.41. The van der Waals surface area contributed by atoms with Crippen molar-refractivity contribution < 1.29 is 9.13 Å². The second-order valence-electron chi connectivity index (χ2n) is 5.67. The zero-order chi connectivity index (χ0) is 15.4. The summed E-state index contributed by atoms with van der Waals surface area (Å²) < 4.78 is 12.8. The Bertz CT molecular complexity index is 518. The molecule has 0 bridgehead atoms. The van der Waals surface area contributed by atoms with Crippen molar-refractivity contribution in [2.45, 2.75) is 49.3 Å². The van der Waals surface area contributed by atoms with Gasteiger partial charge in [0.25, 0.3) is 5.69 Å². The minimum atomic E-state index is -1.13. The van der Waals surface area contributed by atoms with Crippen molar-refractivity contribution in [3.8, 4) is 0 Å². The quantitative estimate of drug-likeness (QED) is 0.670. The predicted molar refractivity (Wildman–Crippen MR) is 83.8 cm³/mol. The summed E-state index contributed by atoms with van der Waals surface area (Å²) in [5, 5.41) is 14.2. The highest BCUT2D eigenvalue weighted by Gasteiger charge is 2.33. The van der Waals surface area contributed by atoms with Gasteiger partial charge in [0, 0.05) is 23.1 Å². The Morgan fingerprint density at radius 1 is 1.33 bits per heavy atom. The molecule has 2 rings (SSSR count). The van der Waals surface area contributed by atoms with Crippen LogP contribution in [0, 0.1) is 16.0 Å². The smallest absolute Gasteiger partial charge is 0.269 e. The van der Waals surface area contributed by atoms with Crippen LogP contribution >= 0.6 is 0 Å². The maximum atomic E-state index is 12.8. The molecule has 21 heavy (non-hydrogen) atoms. The van der Waals surface area contributed by atoms with Gasteiger partial charge in [-0.3, -0.25) is 14.3 Å². The average molecular weight is 310 g/mol. The Kier molecular flexibility index (Phi) is 5.47. The molecule has 0 radical (unpaired) electrons. The van der Waals surface area contributed by atoms with E-state index in [1.165, 1.54) is 12.1 Å². The van der Waals surface area contributed by atoms with E-state index in [9.17, 15) is 14.3 Å². The third-order valence-electron chi connectivity index (χ3n) is 4.08. The third-order valence-corrected chi connectivity index (χ3v) is 5.88. The molecule has 0 saturated heterocycles. The number of hydrogen-bond donors (Lipinski definition) is 1. The highest BCUT2D eigenvalue weighted by molar-refractivity contribution is 7.85. The van der Waals surface area contributed by atoms with Gasteiger partial charge in [0.15, 0.2) is 0 Å². The van der Waals surface area contributed by atoms with Gasteiger partial charge in [-0.15, -0.1) is 0 Å². The van der Waals surface area contributed by atoms with Gasteiger partial charge in [0.05, 0.1) is 21.0 Å². The van der Waals surface area contributed by atoms with E-state index in [1.54, 1.807) is 12.1 Å². The van der Waals surface area contributed by atoms with Crippen LogP contribution in [0.5, 0.6) is 0 Å². The molecule has 1 aromatic carbocycles. The standard InChI is InChI=1S/C15H22N2O3S/c1-3-16-14-9-4-11(2)10-15(14)21(20)13-7-5-12(6-8-13)17(18)19/h5-8,11,14-16H,3-4,9-10H2,1-2H3. The van der Waals surface area contributed by atoms with Gasteiger partial charge in [-0.1, -0.05) is 13.8 Å². The maximum absolute atomic E-state index is 12.8. The fourth-order valence-corrected chi connectivity index (χ4v) is 4.73. The van der Waals surface area contributed by atoms with Crippen molar-refractivity contribution in [3.05, 3.63) is 34.4 Å². The number of nitrogens with zero attached hydrogens (tertiary/aromatic N) is 1. The molecular formula is C15H22N2O3S. The summed E-state index contributed by atoms with van der Waals surface area (Å²) in [6.07, 6.45) is 3.13. The van der Waals surface area contributed by atoms with Crippen LogP contribution in [0.3, 0.4) is 0 Å². The van der Waals surface area contributed by atoms with Crippen LogP contribution in [0.25, 0.3) is 0 Å². The Morgan fingerprint density at radius 2 is 2.00 bits per heavy atom. The van der Waals surface area contributed by atoms with E-state index in [4.69, 9.17) is 0 Å². The normalized spacial score (nSPS) is 27.2. The fourth-order valence-electron chi connectivity index (χ4n) is 2.94. The highest BCUT2D eigenvalue weighted by atomic mass is 32.2. The van der Waals surface area contributed by atoms with E-state index in [0.29, 0.717) is 10.8 Å². The number of nitro benzene ring substituents is 1. The summed E-state index contributed by atoms with van der Waals surface area (Å²) in [5.74, 6) is 0.576. The molecule has 116 valence electrons. The first-order chi connectivity index (χ1) is 10.0. The zero-order valence-corrected chi connectivity index (χ0v) is 13.3. The highest BCUT2D eigenvalue weighted by Crippen LogP contribution is 2.30. The number of nitrogens with one attached hydrogen (secondary N) is 1. The molecule has 1 N–H and O–H groups in total. The SMILES string of the molecule is CCNC1CCC(C)CC1S(=O)c1ccc([N+](=O)[O-])cc1. The lowest BCUT2D eigenvalue weighted by atomic mass is 9.87. The molecule has 1 aliphatic rings. The summed E-state index contributed by atoms with van der Waals surface area (Å²) >= 11 is 0.